The predicted octanol–water partition coefficient (Wildman–Crippen LogP) is 6.86. The third-order valence-electron chi connectivity index (χ3n) is 8.82. The smallest absolute Gasteiger partial charge is 0.333 e. The molecule has 4 aliphatic rings. The van der Waals surface area contributed by atoms with E-state index in [0.29, 0.717) is 57.4 Å². The summed E-state index contributed by atoms with van der Waals surface area (Å²) < 4.78 is 39.9. The number of nitrogens with one attached hydrogen (secondary N) is 3. The molecule has 4 aliphatic carbocycles. The second-order valence-electron chi connectivity index (χ2n) is 12.1. The van der Waals surface area contributed by atoms with Gasteiger partial charge in [0, 0.05) is 42.9 Å². The lowest BCUT2D eigenvalue weighted by atomic mass is 9.60. The van der Waals surface area contributed by atoms with Crippen molar-refractivity contribution in [1.29, 1.82) is 0 Å². The summed E-state index contributed by atoms with van der Waals surface area (Å²) in [7, 11) is -1.20. The maximum Gasteiger partial charge on any atom is 0.333 e. The fraction of sp³-hybridized carbons (Fsp3) is 0.433. The maximum atomic E-state index is 12.2. The molecule has 0 spiro atoms. The summed E-state index contributed by atoms with van der Waals surface area (Å²) in [5.41, 5.74) is 3.57. The van der Waals surface area contributed by atoms with Crippen molar-refractivity contribution in [2.24, 2.45) is 11.8 Å². The Morgan fingerprint density at radius 2 is 1.84 bits per heavy atom. The first kappa shape index (κ1) is 30.7. The van der Waals surface area contributed by atoms with Gasteiger partial charge in [-0.25, -0.2) is 14.5 Å². The third kappa shape index (κ3) is 6.26. The number of thiazole rings is 1. The molecule has 0 saturated heterocycles. The SMILES string of the molecule is CN(C)S(=O)(=O)NC(=O)Nc1ccc2nc(NC3C4CC(OCc5c(-c6c(Cl)cccc6Cl)noc5C5CC5)C[C@@H]3C4)sc2c1. The fourth-order valence-electron chi connectivity index (χ4n) is 6.32. The highest BCUT2D eigenvalue weighted by Crippen LogP contribution is 2.50. The van der Waals surface area contributed by atoms with Gasteiger partial charge in [0.15, 0.2) is 5.13 Å². The van der Waals surface area contributed by atoms with Crippen LogP contribution >= 0.6 is 34.5 Å². The Morgan fingerprint density at radius 3 is 2.53 bits per heavy atom. The molecular weight excluding hydrogens is 659 g/mol. The highest BCUT2D eigenvalue weighted by molar-refractivity contribution is 7.87. The minimum atomic E-state index is -3.89. The number of ether oxygens (including phenoxy) is 1. The summed E-state index contributed by atoms with van der Waals surface area (Å²) in [5.74, 6) is 2.21. The molecule has 0 aliphatic heterocycles. The van der Waals surface area contributed by atoms with Crippen LogP contribution in [0.15, 0.2) is 40.9 Å². The Hall–Kier alpha value is -2.94. The van der Waals surface area contributed by atoms with Gasteiger partial charge in [-0.2, -0.15) is 12.7 Å². The second-order valence-corrected chi connectivity index (χ2v) is 15.9. The van der Waals surface area contributed by atoms with Crippen LogP contribution in [-0.2, 0) is 21.6 Å². The van der Waals surface area contributed by atoms with Gasteiger partial charge in [0.2, 0.25) is 0 Å². The van der Waals surface area contributed by atoms with Crippen molar-refractivity contribution in [1.82, 2.24) is 19.2 Å². The molecule has 2 aromatic carbocycles. The monoisotopic (exact) mass is 690 g/mol. The molecule has 3 N–H and O–H groups in total. The van der Waals surface area contributed by atoms with E-state index in [4.69, 9.17) is 37.4 Å². The fourth-order valence-corrected chi connectivity index (χ4v) is 8.32. The number of fused-ring (bicyclic) bond motifs is 3. The minimum absolute atomic E-state index is 0.134. The van der Waals surface area contributed by atoms with Crippen LogP contribution in [0.4, 0.5) is 15.6 Å². The number of carbonyl (C=O) groups is 1. The summed E-state index contributed by atoms with van der Waals surface area (Å²) in [6.07, 6.45) is 5.35. The summed E-state index contributed by atoms with van der Waals surface area (Å²) in [6.45, 7) is 0.405. The molecule has 2 aromatic heterocycles. The first-order valence-corrected chi connectivity index (χ1v) is 17.8. The highest BCUT2D eigenvalue weighted by Gasteiger charge is 2.48. The van der Waals surface area contributed by atoms with Crippen LogP contribution in [0.25, 0.3) is 21.5 Å². The van der Waals surface area contributed by atoms with E-state index in [1.54, 1.807) is 12.1 Å². The Bertz CT molecular complexity index is 1840. The van der Waals surface area contributed by atoms with Gasteiger partial charge in [0.1, 0.15) is 11.5 Å². The molecular formula is C30H32Cl2N6O5S2. The zero-order valence-electron chi connectivity index (χ0n) is 24.5. The average Bonchev–Trinajstić information content (AvgIpc) is 3.62. The minimum Gasteiger partial charge on any atom is -0.373 e. The van der Waals surface area contributed by atoms with Crippen LogP contribution in [0.1, 0.15) is 49.3 Å². The number of halogens is 2. The third-order valence-corrected chi connectivity index (χ3v) is 11.8. The molecule has 4 atom stereocenters. The highest BCUT2D eigenvalue weighted by atomic mass is 35.5. The zero-order chi connectivity index (χ0) is 31.5. The maximum absolute atomic E-state index is 12.2. The summed E-state index contributed by atoms with van der Waals surface area (Å²) in [6, 6.07) is 10.2. The van der Waals surface area contributed by atoms with Crippen molar-refractivity contribution < 1.29 is 22.5 Å². The number of nitrogens with zero attached hydrogens (tertiary/aromatic N) is 3. The summed E-state index contributed by atoms with van der Waals surface area (Å²) >= 11 is 14.5. The van der Waals surface area contributed by atoms with Gasteiger partial charge in [-0.1, -0.05) is 45.8 Å². The lowest BCUT2D eigenvalue weighted by Crippen LogP contribution is -2.54. The van der Waals surface area contributed by atoms with Gasteiger partial charge < -0.3 is 19.9 Å². The van der Waals surface area contributed by atoms with Gasteiger partial charge in [-0.05, 0) is 74.3 Å². The van der Waals surface area contributed by atoms with Crippen molar-refractivity contribution in [3.8, 4) is 11.3 Å². The van der Waals surface area contributed by atoms with Crippen LogP contribution in [0.5, 0.6) is 0 Å². The first-order valence-electron chi connectivity index (χ1n) is 14.8. The van der Waals surface area contributed by atoms with Crippen molar-refractivity contribution in [2.75, 3.05) is 24.7 Å². The lowest BCUT2D eigenvalue weighted by Gasteiger charge is -2.52. The van der Waals surface area contributed by atoms with E-state index in [1.165, 1.54) is 25.4 Å². The molecule has 11 nitrogen and oxygen atoms in total. The van der Waals surface area contributed by atoms with E-state index in [9.17, 15) is 13.2 Å². The standard InChI is InChI=1S/C30H32Cl2N6O5S2/c1-38(2)45(40,41)37-29(39)33-18-8-9-23-24(13-18)44-30(34-23)35-26-16-10-17(26)12-19(11-16)42-14-20-27(36-43-28(20)15-6-7-15)25-21(31)4-3-5-22(25)32/h3-5,8-9,13,15-17,19,26H,6-7,10-12,14H2,1-2H3,(H,34,35)(H2,33,37,39)/t16-,17?,19?,26?/m0/s1. The number of hydrogen-bond acceptors (Lipinski definition) is 9. The topological polar surface area (TPSA) is 139 Å². The molecule has 2 bridgehead atoms. The molecule has 4 fully saturated rings. The van der Waals surface area contributed by atoms with E-state index in [1.807, 2.05) is 29.0 Å². The number of carbonyl (C=O) groups excluding carboxylic acids is 1. The molecule has 45 heavy (non-hydrogen) atoms. The van der Waals surface area contributed by atoms with Crippen molar-refractivity contribution in [3.63, 3.8) is 0 Å². The van der Waals surface area contributed by atoms with E-state index < -0.39 is 16.2 Å². The van der Waals surface area contributed by atoms with Crippen LogP contribution in [0.2, 0.25) is 10.0 Å². The Labute approximate surface area is 274 Å². The summed E-state index contributed by atoms with van der Waals surface area (Å²) in [4.78, 5) is 16.9. The second kappa shape index (κ2) is 12.0. The zero-order valence-corrected chi connectivity index (χ0v) is 27.7. The average molecular weight is 692 g/mol. The van der Waals surface area contributed by atoms with Crippen LogP contribution in [0.3, 0.4) is 0 Å². The molecule has 2 heterocycles. The van der Waals surface area contributed by atoms with Gasteiger partial charge >= 0.3 is 16.2 Å². The molecule has 4 saturated carbocycles. The van der Waals surface area contributed by atoms with Gasteiger partial charge in [0.05, 0.1) is 33.0 Å². The van der Waals surface area contributed by atoms with E-state index in [2.05, 4.69) is 15.8 Å². The normalized spacial score (nSPS) is 22.8. The van der Waals surface area contributed by atoms with Crippen LogP contribution in [-0.4, -0.2) is 55.1 Å². The number of aromatic nitrogens is 2. The van der Waals surface area contributed by atoms with Crippen molar-refractivity contribution >= 4 is 71.8 Å². The molecule has 238 valence electrons. The lowest BCUT2D eigenvalue weighted by molar-refractivity contribution is -0.0640. The van der Waals surface area contributed by atoms with Gasteiger partial charge in [-0.3, -0.25) is 0 Å². The number of benzene rings is 2. The molecule has 0 radical (unpaired) electrons. The van der Waals surface area contributed by atoms with Crippen molar-refractivity contribution in [3.05, 3.63) is 57.8 Å². The van der Waals surface area contributed by atoms with Crippen LogP contribution < -0.4 is 15.4 Å². The quantitative estimate of drug-likeness (QED) is 0.164. The Kier molecular flexibility index (Phi) is 8.20. The predicted molar refractivity (Wildman–Crippen MR) is 175 cm³/mol. The number of amides is 2. The molecule has 8 rings (SSSR count). The van der Waals surface area contributed by atoms with E-state index in [-0.39, 0.29) is 6.10 Å². The van der Waals surface area contributed by atoms with Crippen molar-refractivity contribution in [2.45, 2.75) is 56.8 Å². The first-order chi connectivity index (χ1) is 21.6. The Balaban J connectivity index is 0.974. The number of hydrogen-bond donors (Lipinski definition) is 3. The van der Waals surface area contributed by atoms with Gasteiger partial charge in [-0.15, -0.1) is 0 Å². The number of anilines is 2. The summed E-state index contributed by atoms with van der Waals surface area (Å²) in [5, 5.41) is 12.5. The molecule has 3 unspecified atom stereocenters. The number of rotatable bonds is 10. The molecule has 15 heteroatoms. The molecule has 2 amide bonds. The number of urea groups is 1. The van der Waals surface area contributed by atoms with Crippen LogP contribution in [0, 0.1) is 11.8 Å². The van der Waals surface area contributed by atoms with E-state index in [0.717, 1.165) is 63.1 Å². The van der Waals surface area contributed by atoms with Gasteiger partial charge in [0.25, 0.3) is 0 Å². The molecule has 4 aromatic rings. The Morgan fingerprint density at radius 1 is 1.11 bits per heavy atom. The van der Waals surface area contributed by atoms with E-state index >= 15 is 0 Å². The largest absolute Gasteiger partial charge is 0.373 e.